The van der Waals surface area contributed by atoms with Crippen LogP contribution in [0, 0.1) is 0 Å². The SMILES string of the molecule is C[C@@H]1CCCN1C1CC(c2nc3ccc(-c4cccnc4)cc3s2)C1. The Labute approximate surface area is 152 Å². The first-order valence-electron chi connectivity index (χ1n) is 9.34. The Bertz CT molecular complexity index is 883. The second-order valence-electron chi connectivity index (χ2n) is 7.53. The van der Waals surface area contributed by atoms with E-state index in [1.54, 1.807) is 0 Å². The molecule has 2 aromatic heterocycles. The van der Waals surface area contributed by atoms with Crippen LogP contribution >= 0.6 is 11.3 Å². The largest absolute Gasteiger partial charge is 0.298 e. The number of benzene rings is 1. The smallest absolute Gasteiger partial charge is 0.0970 e. The average molecular weight is 350 g/mol. The zero-order chi connectivity index (χ0) is 16.8. The molecule has 128 valence electrons. The third kappa shape index (κ3) is 2.77. The first kappa shape index (κ1) is 15.5. The normalized spacial score (nSPS) is 26.8. The van der Waals surface area contributed by atoms with Gasteiger partial charge in [0.05, 0.1) is 15.2 Å². The highest BCUT2D eigenvalue weighted by Crippen LogP contribution is 2.44. The fourth-order valence-electron chi connectivity index (χ4n) is 4.39. The molecule has 0 radical (unpaired) electrons. The highest BCUT2D eigenvalue weighted by Gasteiger charge is 2.39. The van der Waals surface area contributed by atoms with Gasteiger partial charge in [0.15, 0.2) is 0 Å². The topological polar surface area (TPSA) is 29.0 Å². The van der Waals surface area contributed by atoms with E-state index in [0.29, 0.717) is 5.92 Å². The fraction of sp³-hybridized carbons (Fsp3) is 0.429. The van der Waals surface area contributed by atoms with E-state index in [2.05, 4.69) is 41.1 Å². The minimum Gasteiger partial charge on any atom is -0.298 e. The van der Waals surface area contributed by atoms with Gasteiger partial charge in [0.25, 0.3) is 0 Å². The molecule has 1 aliphatic carbocycles. The van der Waals surface area contributed by atoms with E-state index < -0.39 is 0 Å². The molecule has 0 unspecified atom stereocenters. The van der Waals surface area contributed by atoms with Crippen molar-refractivity contribution in [1.82, 2.24) is 14.9 Å². The van der Waals surface area contributed by atoms with Crippen molar-refractivity contribution in [3.05, 3.63) is 47.7 Å². The van der Waals surface area contributed by atoms with Crippen LogP contribution in [0.5, 0.6) is 0 Å². The van der Waals surface area contributed by atoms with Crippen LogP contribution < -0.4 is 0 Å². The van der Waals surface area contributed by atoms with Crippen LogP contribution in [0.1, 0.15) is 43.5 Å². The van der Waals surface area contributed by atoms with Gasteiger partial charge in [-0.3, -0.25) is 9.88 Å². The number of likely N-dealkylation sites (tertiary alicyclic amines) is 1. The van der Waals surface area contributed by atoms with Crippen LogP contribution in [0.2, 0.25) is 0 Å². The van der Waals surface area contributed by atoms with Crippen LogP contribution in [-0.2, 0) is 0 Å². The number of fused-ring (bicyclic) bond motifs is 1. The standard InChI is InChI=1S/C21H23N3S/c1-14-4-3-9-24(14)18-10-17(11-18)21-23-19-7-6-15(12-20(19)25-21)16-5-2-8-22-13-16/h2,5-8,12-14,17-18H,3-4,9-11H2,1H3/t14-,17?,18?/m1/s1. The third-order valence-electron chi connectivity index (χ3n) is 5.94. The van der Waals surface area contributed by atoms with E-state index in [9.17, 15) is 0 Å². The maximum Gasteiger partial charge on any atom is 0.0970 e. The number of nitrogens with zero attached hydrogens (tertiary/aromatic N) is 3. The van der Waals surface area contributed by atoms with Crippen molar-refractivity contribution < 1.29 is 0 Å². The average Bonchev–Trinajstić information content (AvgIpc) is 3.20. The van der Waals surface area contributed by atoms with E-state index in [1.165, 1.54) is 53.1 Å². The number of hydrogen-bond donors (Lipinski definition) is 0. The number of pyridine rings is 1. The summed E-state index contributed by atoms with van der Waals surface area (Å²) < 4.78 is 1.30. The first-order valence-corrected chi connectivity index (χ1v) is 10.2. The molecule has 3 heterocycles. The summed E-state index contributed by atoms with van der Waals surface area (Å²) in [5.41, 5.74) is 3.55. The lowest BCUT2D eigenvalue weighted by atomic mass is 9.79. The summed E-state index contributed by atoms with van der Waals surface area (Å²) in [4.78, 5) is 11.9. The first-order chi connectivity index (χ1) is 12.3. The monoisotopic (exact) mass is 349 g/mol. The van der Waals surface area contributed by atoms with Gasteiger partial charge in [-0.25, -0.2) is 4.98 Å². The lowest BCUT2D eigenvalue weighted by Gasteiger charge is -2.42. The summed E-state index contributed by atoms with van der Waals surface area (Å²) in [7, 11) is 0. The molecular weight excluding hydrogens is 326 g/mol. The molecule has 1 saturated heterocycles. The molecule has 2 fully saturated rings. The van der Waals surface area contributed by atoms with E-state index in [1.807, 2.05) is 29.8 Å². The second kappa shape index (κ2) is 6.19. The molecule has 1 aromatic carbocycles. The molecule has 3 aromatic rings. The Kier molecular flexibility index (Phi) is 3.83. The van der Waals surface area contributed by atoms with Crippen LogP contribution in [-0.4, -0.2) is 33.5 Å². The Morgan fingerprint density at radius 3 is 2.84 bits per heavy atom. The van der Waals surface area contributed by atoms with Crippen LogP contribution in [0.25, 0.3) is 21.3 Å². The zero-order valence-electron chi connectivity index (χ0n) is 14.6. The summed E-state index contributed by atoms with van der Waals surface area (Å²) in [6.45, 7) is 3.69. The molecule has 0 bridgehead atoms. The summed E-state index contributed by atoms with van der Waals surface area (Å²) in [6.07, 6.45) is 9.08. The zero-order valence-corrected chi connectivity index (χ0v) is 15.4. The molecular formula is C21H23N3S. The lowest BCUT2D eigenvalue weighted by molar-refractivity contribution is 0.103. The van der Waals surface area contributed by atoms with Gasteiger partial charge in [-0.15, -0.1) is 11.3 Å². The quantitative estimate of drug-likeness (QED) is 0.659. The highest BCUT2D eigenvalue weighted by atomic mass is 32.1. The summed E-state index contributed by atoms with van der Waals surface area (Å²) in [6, 6.07) is 12.3. The molecule has 4 heteroatoms. The summed E-state index contributed by atoms with van der Waals surface area (Å²) in [5, 5.41) is 1.33. The Hall–Kier alpha value is -1.78. The van der Waals surface area contributed by atoms with Gasteiger partial charge < -0.3 is 0 Å². The van der Waals surface area contributed by atoms with E-state index >= 15 is 0 Å². The molecule has 0 N–H and O–H groups in total. The van der Waals surface area contributed by atoms with Crippen molar-refractivity contribution >= 4 is 21.6 Å². The van der Waals surface area contributed by atoms with Gasteiger partial charge >= 0.3 is 0 Å². The number of rotatable bonds is 3. The van der Waals surface area contributed by atoms with Gasteiger partial charge in [-0.2, -0.15) is 0 Å². The second-order valence-corrected chi connectivity index (χ2v) is 8.59. The number of thiazole rings is 1. The van der Waals surface area contributed by atoms with Crippen molar-refractivity contribution in [3.63, 3.8) is 0 Å². The fourth-order valence-corrected chi connectivity index (χ4v) is 5.52. The molecule has 1 aliphatic heterocycles. The maximum absolute atomic E-state index is 4.93. The predicted octanol–water partition coefficient (Wildman–Crippen LogP) is 5.09. The summed E-state index contributed by atoms with van der Waals surface area (Å²) in [5.74, 6) is 0.664. The molecule has 0 spiro atoms. The predicted molar refractivity (Wildman–Crippen MR) is 104 cm³/mol. The van der Waals surface area contributed by atoms with Gasteiger partial charge in [0.1, 0.15) is 0 Å². The minimum absolute atomic E-state index is 0.664. The van der Waals surface area contributed by atoms with Crippen molar-refractivity contribution in [2.75, 3.05) is 6.54 Å². The van der Waals surface area contributed by atoms with Crippen molar-refractivity contribution in [2.24, 2.45) is 0 Å². The van der Waals surface area contributed by atoms with Crippen LogP contribution in [0.4, 0.5) is 0 Å². The van der Waals surface area contributed by atoms with Crippen LogP contribution in [0.3, 0.4) is 0 Å². The Balaban J connectivity index is 1.35. The van der Waals surface area contributed by atoms with Gasteiger partial charge in [-0.1, -0.05) is 12.1 Å². The number of aromatic nitrogens is 2. The molecule has 1 atom stereocenters. The van der Waals surface area contributed by atoms with Crippen LogP contribution in [0.15, 0.2) is 42.7 Å². The van der Waals surface area contributed by atoms with Crippen molar-refractivity contribution in [3.8, 4) is 11.1 Å². The Morgan fingerprint density at radius 2 is 2.08 bits per heavy atom. The van der Waals surface area contributed by atoms with E-state index in [0.717, 1.165) is 17.6 Å². The van der Waals surface area contributed by atoms with Gasteiger partial charge in [0, 0.05) is 36.0 Å². The molecule has 1 saturated carbocycles. The Morgan fingerprint density at radius 1 is 1.16 bits per heavy atom. The minimum atomic E-state index is 0.664. The molecule has 2 aliphatic rings. The van der Waals surface area contributed by atoms with Gasteiger partial charge in [-0.05, 0) is 62.9 Å². The summed E-state index contributed by atoms with van der Waals surface area (Å²) >= 11 is 1.89. The van der Waals surface area contributed by atoms with Crippen molar-refractivity contribution in [2.45, 2.75) is 50.6 Å². The van der Waals surface area contributed by atoms with Crippen molar-refractivity contribution in [1.29, 1.82) is 0 Å². The third-order valence-corrected chi connectivity index (χ3v) is 7.12. The van der Waals surface area contributed by atoms with E-state index in [4.69, 9.17) is 4.98 Å². The number of hydrogen-bond acceptors (Lipinski definition) is 4. The molecule has 5 rings (SSSR count). The molecule has 25 heavy (non-hydrogen) atoms. The lowest BCUT2D eigenvalue weighted by Crippen LogP contribution is -2.45. The maximum atomic E-state index is 4.93. The molecule has 0 amide bonds. The molecule has 3 nitrogen and oxygen atoms in total. The van der Waals surface area contributed by atoms with E-state index in [-0.39, 0.29) is 0 Å². The van der Waals surface area contributed by atoms with Gasteiger partial charge in [0.2, 0.25) is 0 Å². The highest BCUT2D eigenvalue weighted by molar-refractivity contribution is 7.18.